The maximum atomic E-state index is 12.1. The smallest absolute Gasteiger partial charge is 0.408 e. The monoisotopic (exact) mass is 428 g/mol. The van der Waals surface area contributed by atoms with Crippen LogP contribution in [0.3, 0.4) is 0 Å². The summed E-state index contributed by atoms with van der Waals surface area (Å²) in [5, 5.41) is 6.70. The van der Waals surface area contributed by atoms with Crippen LogP contribution in [0.1, 0.15) is 46.1 Å². The van der Waals surface area contributed by atoms with E-state index >= 15 is 0 Å². The summed E-state index contributed by atoms with van der Waals surface area (Å²) in [5.74, 6) is -0.933. The van der Waals surface area contributed by atoms with Crippen LogP contribution in [-0.2, 0) is 20.0 Å². The van der Waals surface area contributed by atoms with Crippen LogP contribution in [0, 0.1) is 0 Å². The minimum Gasteiger partial charge on any atom is -0.444 e. The molecule has 0 saturated carbocycles. The number of rotatable bonds is 7. The second-order valence-corrected chi connectivity index (χ2v) is 8.54. The summed E-state index contributed by atoms with van der Waals surface area (Å²) in [5.41, 5.74) is 0.289. The molecular formula is C20H29ClN2O4S. The molecule has 1 saturated heterocycles. The Bertz CT molecular complexity index is 670. The maximum absolute atomic E-state index is 12.1. The lowest BCUT2D eigenvalue weighted by atomic mass is 10.1. The lowest BCUT2D eigenvalue weighted by Crippen LogP contribution is -2.50. The lowest BCUT2D eigenvalue weighted by molar-refractivity contribution is -0.159. The molecule has 8 heteroatoms. The SMILES string of the molecule is CCCC(NC(=O)OC(C)(C)C)C(=S)NCC1(c2ccc(Cl)cc2)OCCO1. The summed E-state index contributed by atoms with van der Waals surface area (Å²) < 4.78 is 17.2. The van der Waals surface area contributed by atoms with Crippen molar-refractivity contribution in [2.24, 2.45) is 0 Å². The van der Waals surface area contributed by atoms with Gasteiger partial charge in [-0.2, -0.15) is 0 Å². The van der Waals surface area contributed by atoms with Gasteiger partial charge in [-0.25, -0.2) is 4.79 Å². The third-order valence-electron chi connectivity index (χ3n) is 4.12. The summed E-state index contributed by atoms with van der Waals surface area (Å²) in [6.07, 6.45) is 1.06. The number of hydrogen-bond donors (Lipinski definition) is 2. The summed E-state index contributed by atoms with van der Waals surface area (Å²) in [7, 11) is 0. The number of thiocarbonyl (C=S) groups is 1. The summed E-state index contributed by atoms with van der Waals surface area (Å²) in [6.45, 7) is 8.81. The third kappa shape index (κ3) is 6.58. The van der Waals surface area contributed by atoms with E-state index in [4.69, 9.17) is 38.0 Å². The number of carbonyl (C=O) groups excluding carboxylic acids is 1. The molecule has 1 atom stereocenters. The van der Waals surface area contributed by atoms with Gasteiger partial charge in [0.05, 0.1) is 30.8 Å². The van der Waals surface area contributed by atoms with E-state index in [1.807, 2.05) is 39.8 Å². The molecular weight excluding hydrogens is 400 g/mol. The highest BCUT2D eigenvalue weighted by Gasteiger charge is 2.39. The first-order valence-electron chi connectivity index (χ1n) is 9.46. The zero-order chi connectivity index (χ0) is 20.8. The average Bonchev–Trinajstić information content (AvgIpc) is 3.08. The first-order valence-corrected chi connectivity index (χ1v) is 10.2. The first kappa shape index (κ1) is 22.9. The van der Waals surface area contributed by atoms with Crippen LogP contribution in [0.15, 0.2) is 24.3 Å². The van der Waals surface area contributed by atoms with Crippen molar-refractivity contribution in [3.05, 3.63) is 34.9 Å². The van der Waals surface area contributed by atoms with E-state index in [0.717, 1.165) is 12.0 Å². The molecule has 1 aromatic rings. The predicted molar refractivity (Wildman–Crippen MR) is 114 cm³/mol. The van der Waals surface area contributed by atoms with Gasteiger partial charge in [-0.15, -0.1) is 0 Å². The summed E-state index contributed by atoms with van der Waals surface area (Å²) in [6, 6.07) is 7.01. The number of hydrogen-bond acceptors (Lipinski definition) is 5. The van der Waals surface area contributed by atoms with Crippen molar-refractivity contribution in [1.82, 2.24) is 10.6 Å². The van der Waals surface area contributed by atoms with Crippen molar-refractivity contribution in [1.29, 1.82) is 0 Å². The highest BCUT2D eigenvalue weighted by atomic mass is 35.5. The fourth-order valence-electron chi connectivity index (χ4n) is 2.86. The van der Waals surface area contributed by atoms with E-state index in [0.29, 0.717) is 36.2 Å². The molecule has 2 rings (SSSR count). The van der Waals surface area contributed by atoms with Gasteiger partial charge in [0, 0.05) is 10.6 Å². The Labute approximate surface area is 177 Å². The van der Waals surface area contributed by atoms with Crippen LogP contribution in [-0.4, -0.2) is 42.5 Å². The molecule has 1 aliphatic rings. The fraction of sp³-hybridized carbons (Fsp3) is 0.600. The Hall–Kier alpha value is -1.41. The first-order chi connectivity index (χ1) is 13.1. The van der Waals surface area contributed by atoms with Crippen LogP contribution in [0.25, 0.3) is 0 Å². The van der Waals surface area contributed by atoms with Crippen molar-refractivity contribution >= 4 is 34.9 Å². The molecule has 0 bridgehead atoms. The number of halogens is 1. The van der Waals surface area contributed by atoms with Crippen LogP contribution >= 0.6 is 23.8 Å². The fourth-order valence-corrected chi connectivity index (χ4v) is 3.24. The molecule has 28 heavy (non-hydrogen) atoms. The van der Waals surface area contributed by atoms with Gasteiger partial charge in [-0.1, -0.05) is 49.3 Å². The molecule has 0 radical (unpaired) electrons. The normalized spacial score (nSPS) is 17.0. The molecule has 0 spiro atoms. The van der Waals surface area contributed by atoms with Gasteiger partial charge in [0.15, 0.2) is 0 Å². The van der Waals surface area contributed by atoms with E-state index < -0.39 is 17.5 Å². The lowest BCUT2D eigenvalue weighted by Gasteiger charge is -2.30. The van der Waals surface area contributed by atoms with Crippen molar-refractivity contribution < 1.29 is 19.0 Å². The largest absolute Gasteiger partial charge is 0.444 e. The van der Waals surface area contributed by atoms with E-state index in [9.17, 15) is 4.79 Å². The molecule has 2 N–H and O–H groups in total. The van der Waals surface area contributed by atoms with Gasteiger partial charge >= 0.3 is 6.09 Å². The van der Waals surface area contributed by atoms with Gasteiger partial charge < -0.3 is 24.8 Å². The number of ether oxygens (including phenoxy) is 3. The van der Waals surface area contributed by atoms with Crippen molar-refractivity contribution in [2.45, 2.75) is 58.0 Å². The maximum Gasteiger partial charge on any atom is 0.408 e. The highest BCUT2D eigenvalue weighted by molar-refractivity contribution is 7.80. The number of alkyl carbamates (subject to hydrolysis) is 1. The number of amides is 1. The summed E-state index contributed by atoms with van der Waals surface area (Å²) >= 11 is 11.5. The van der Waals surface area contributed by atoms with Crippen LogP contribution in [0.2, 0.25) is 5.02 Å². The average molecular weight is 429 g/mol. The molecule has 0 aromatic heterocycles. The Morgan fingerprint density at radius 2 is 1.89 bits per heavy atom. The molecule has 1 amide bonds. The van der Waals surface area contributed by atoms with Crippen LogP contribution < -0.4 is 10.6 Å². The van der Waals surface area contributed by atoms with Crippen molar-refractivity contribution in [3.63, 3.8) is 0 Å². The van der Waals surface area contributed by atoms with Crippen molar-refractivity contribution in [3.8, 4) is 0 Å². The van der Waals surface area contributed by atoms with Crippen LogP contribution in [0.5, 0.6) is 0 Å². The zero-order valence-electron chi connectivity index (χ0n) is 16.8. The van der Waals surface area contributed by atoms with Crippen LogP contribution in [0.4, 0.5) is 4.79 Å². The molecule has 1 aromatic carbocycles. The van der Waals surface area contributed by atoms with Gasteiger partial charge in [0.2, 0.25) is 5.79 Å². The van der Waals surface area contributed by atoms with Crippen molar-refractivity contribution in [2.75, 3.05) is 19.8 Å². The van der Waals surface area contributed by atoms with E-state index in [2.05, 4.69) is 10.6 Å². The van der Waals surface area contributed by atoms with Gasteiger partial charge in [-0.3, -0.25) is 0 Å². The second kappa shape index (κ2) is 9.87. The minimum atomic E-state index is -0.933. The standard InChI is InChI=1S/C20H29ClN2O4S/c1-5-6-16(23-18(24)27-19(2,3)4)17(28)22-13-20(25-11-12-26-20)14-7-9-15(21)10-8-14/h7-10,16H,5-6,11-13H2,1-4H3,(H,22,28)(H,23,24). The number of benzene rings is 1. The third-order valence-corrected chi connectivity index (χ3v) is 4.80. The molecule has 6 nitrogen and oxygen atoms in total. The highest BCUT2D eigenvalue weighted by Crippen LogP contribution is 2.31. The quantitative estimate of drug-likeness (QED) is 0.636. The minimum absolute atomic E-state index is 0.323. The Morgan fingerprint density at radius 3 is 2.43 bits per heavy atom. The number of carbonyl (C=O) groups is 1. The molecule has 156 valence electrons. The molecule has 1 heterocycles. The Balaban J connectivity index is 2.03. The predicted octanol–water partition coefficient (Wildman–Crippen LogP) is 4.15. The zero-order valence-corrected chi connectivity index (χ0v) is 18.4. The molecule has 1 fully saturated rings. The molecule has 1 unspecified atom stereocenters. The molecule has 0 aliphatic carbocycles. The van der Waals surface area contributed by atoms with E-state index in [1.165, 1.54) is 0 Å². The second-order valence-electron chi connectivity index (χ2n) is 7.66. The van der Waals surface area contributed by atoms with E-state index in [1.54, 1.807) is 12.1 Å². The molecule has 1 aliphatic heterocycles. The number of nitrogens with one attached hydrogen (secondary N) is 2. The van der Waals surface area contributed by atoms with Gasteiger partial charge in [0.25, 0.3) is 0 Å². The van der Waals surface area contributed by atoms with E-state index in [-0.39, 0.29) is 6.04 Å². The van der Waals surface area contributed by atoms with Gasteiger partial charge in [-0.05, 0) is 39.3 Å². The van der Waals surface area contributed by atoms with Gasteiger partial charge in [0.1, 0.15) is 5.60 Å². The Kier molecular flexibility index (Phi) is 8.07. The Morgan fingerprint density at radius 1 is 1.29 bits per heavy atom. The topological polar surface area (TPSA) is 68.8 Å². The summed E-state index contributed by atoms with van der Waals surface area (Å²) in [4.78, 5) is 12.7.